The number of rotatable bonds is 8. The van der Waals surface area contributed by atoms with E-state index in [-0.39, 0.29) is 0 Å². The van der Waals surface area contributed by atoms with Crippen LogP contribution in [-0.4, -0.2) is 26.3 Å². The molecule has 0 amide bonds. The van der Waals surface area contributed by atoms with Gasteiger partial charge in [0.1, 0.15) is 0 Å². The summed E-state index contributed by atoms with van der Waals surface area (Å²) >= 11 is 0. The molecule has 0 spiro atoms. The zero-order chi connectivity index (χ0) is 15.0. The van der Waals surface area contributed by atoms with Crippen LogP contribution in [0.3, 0.4) is 0 Å². The van der Waals surface area contributed by atoms with Crippen molar-refractivity contribution in [2.24, 2.45) is 0 Å². The summed E-state index contributed by atoms with van der Waals surface area (Å²) in [5.41, 5.74) is 1.22. The van der Waals surface area contributed by atoms with E-state index in [2.05, 4.69) is 31.2 Å². The lowest BCUT2D eigenvalue weighted by Gasteiger charge is -2.21. The van der Waals surface area contributed by atoms with E-state index >= 15 is 0 Å². The first kappa shape index (κ1) is 16.4. The molecule has 0 saturated carbocycles. The second-order valence-electron chi connectivity index (χ2n) is 4.97. The molecule has 3 nitrogen and oxygen atoms in total. The number of terminal acetylenes is 1. The quantitative estimate of drug-likeness (QED) is 0.740. The summed E-state index contributed by atoms with van der Waals surface area (Å²) in [7, 11) is 3.30. The molecule has 2 unspecified atom stereocenters. The standard InChI is InChI=1S/C17H25NO2/c1-6-8-15(7-2)18-13(3)11-14-9-10-16(19-4)17(12-14)20-5/h1,9-10,12-13,15,18H,7-8,11H2,2-5H3. The zero-order valence-corrected chi connectivity index (χ0v) is 12.9. The monoisotopic (exact) mass is 275 g/mol. The normalized spacial score (nSPS) is 13.3. The van der Waals surface area contributed by atoms with Crippen LogP contribution in [0, 0.1) is 12.3 Å². The molecule has 2 atom stereocenters. The van der Waals surface area contributed by atoms with Crippen LogP contribution in [0.1, 0.15) is 32.3 Å². The van der Waals surface area contributed by atoms with Crippen molar-refractivity contribution in [3.63, 3.8) is 0 Å². The lowest BCUT2D eigenvalue weighted by Crippen LogP contribution is -2.37. The second-order valence-corrected chi connectivity index (χ2v) is 4.97. The Bertz CT molecular complexity index is 451. The average Bonchev–Trinajstić information content (AvgIpc) is 2.46. The maximum atomic E-state index is 5.38. The van der Waals surface area contributed by atoms with Crippen LogP contribution in [-0.2, 0) is 6.42 Å². The van der Waals surface area contributed by atoms with E-state index in [4.69, 9.17) is 15.9 Å². The van der Waals surface area contributed by atoms with E-state index in [1.165, 1.54) is 5.56 Å². The summed E-state index contributed by atoms with van der Waals surface area (Å²) < 4.78 is 10.6. The van der Waals surface area contributed by atoms with E-state index < -0.39 is 0 Å². The molecule has 1 rings (SSSR count). The van der Waals surface area contributed by atoms with Gasteiger partial charge < -0.3 is 14.8 Å². The highest BCUT2D eigenvalue weighted by molar-refractivity contribution is 5.43. The number of hydrogen-bond acceptors (Lipinski definition) is 3. The summed E-state index contributed by atoms with van der Waals surface area (Å²) in [5.74, 6) is 4.25. The van der Waals surface area contributed by atoms with Gasteiger partial charge in [-0.2, -0.15) is 0 Å². The van der Waals surface area contributed by atoms with Gasteiger partial charge in [0.25, 0.3) is 0 Å². The Morgan fingerprint density at radius 3 is 2.50 bits per heavy atom. The van der Waals surface area contributed by atoms with Crippen molar-refractivity contribution in [3.05, 3.63) is 23.8 Å². The van der Waals surface area contributed by atoms with Crippen LogP contribution >= 0.6 is 0 Å². The third kappa shape index (κ3) is 4.79. The molecule has 0 bridgehead atoms. The van der Waals surface area contributed by atoms with E-state index in [1.807, 2.05) is 12.1 Å². The summed E-state index contributed by atoms with van der Waals surface area (Å²) in [5, 5.41) is 3.57. The summed E-state index contributed by atoms with van der Waals surface area (Å²) in [4.78, 5) is 0. The highest BCUT2D eigenvalue weighted by Crippen LogP contribution is 2.28. The molecular formula is C17H25NO2. The van der Waals surface area contributed by atoms with Gasteiger partial charge in [-0.3, -0.25) is 0 Å². The summed E-state index contributed by atoms with van der Waals surface area (Å²) in [6, 6.07) is 6.79. The van der Waals surface area contributed by atoms with Crippen LogP contribution in [0.4, 0.5) is 0 Å². The van der Waals surface area contributed by atoms with E-state index in [9.17, 15) is 0 Å². The van der Waals surface area contributed by atoms with Crippen LogP contribution in [0.25, 0.3) is 0 Å². The van der Waals surface area contributed by atoms with Crippen molar-refractivity contribution < 1.29 is 9.47 Å². The van der Waals surface area contributed by atoms with Crippen molar-refractivity contribution in [3.8, 4) is 23.8 Å². The lowest BCUT2D eigenvalue weighted by atomic mass is 10.0. The summed E-state index contributed by atoms with van der Waals surface area (Å²) in [6.45, 7) is 4.33. The van der Waals surface area contributed by atoms with Crippen LogP contribution in [0.5, 0.6) is 11.5 Å². The maximum Gasteiger partial charge on any atom is 0.160 e. The molecule has 0 aliphatic rings. The topological polar surface area (TPSA) is 30.5 Å². The number of hydrogen-bond donors (Lipinski definition) is 1. The van der Waals surface area contributed by atoms with Gasteiger partial charge in [-0.25, -0.2) is 0 Å². The maximum absolute atomic E-state index is 5.38. The molecule has 110 valence electrons. The summed E-state index contributed by atoms with van der Waals surface area (Å²) in [6.07, 6.45) is 8.13. The first-order valence-electron chi connectivity index (χ1n) is 7.05. The molecule has 0 aliphatic carbocycles. The van der Waals surface area contributed by atoms with Gasteiger partial charge in [-0.05, 0) is 37.5 Å². The van der Waals surface area contributed by atoms with Gasteiger partial charge in [-0.15, -0.1) is 12.3 Å². The number of ether oxygens (including phenoxy) is 2. The predicted octanol–water partition coefficient (Wildman–Crippen LogP) is 3.03. The predicted molar refractivity (Wildman–Crippen MR) is 83.4 cm³/mol. The molecule has 1 aromatic carbocycles. The number of nitrogens with one attached hydrogen (secondary N) is 1. The SMILES string of the molecule is C#CCC(CC)NC(C)Cc1ccc(OC)c(OC)c1. The molecule has 0 fully saturated rings. The molecule has 1 aromatic rings. The average molecular weight is 275 g/mol. The van der Waals surface area contributed by atoms with Crippen LogP contribution in [0.15, 0.2) is 18.2 Å². The molecule has 3 heteroatoms. The highest BCUT2D eigenvalue weighted by atomic mass is 16.5. The zero-order valence-electron chi connectivity index (χ0n) is 12.9. The fraction of sp³-hybridized carbons (Fsp3) is 0.529. The van der Waals surface area contributed by atoms with Crippen molar-refractivity contribution in [1.82, 2.24) is 5.32 Å². The molecule has 20 heavy (non-hydrogen) atoms. The first-order chi connectivity index (χ1) is 9.64. The molecular weight excluding hydrogens is 250 g/mol. The minimum atomic E-state index is 0.367. The lowest BCUT2D eigenvalue weighted by molar-refractivity contribution is 0.354. The van der Waals surface area contributed by atoms with Gasteiger partial charge >= 0.3 is 0 Å². The van der Waals surface area contributed by atoms with E-state index in [0.717, 1.165) is 30.8 Å². The Hall–Kier alpha value is -1.66. The van der Waals surface area contributed by atoms with Crippen LogP contribution in [0.2, 0.25) is 0 Å². The van der Waals surface area contributed by atoms with Crippen molar-refractivity contribution in [1.29, 1.82) is 0 Å². The van der Waals surface area contributed by atoms with Gasteiger partial charge in [0.15, 0.2) is 11.5 Å². The Labute approximate surface area is 122 Å². The fourth-order valence-electron chi connectivity index (χ4n) is 2.29. The van der Waals surface area contributed by atoms with E-state index in [1.54, 1.807) is 14.2 Å². The Morgan fingerprint density at radius 1 is 1.25 bits per heavy atom. The Morgan fingerprint density at radius 2 is 1.95 bits per heavy atom. The molecule has 0 aliphatic heterocycles. The molecule has 1 N–H and O–H groups in total. The minimum Gasteiger partial charge on any atom is -0.493 e. The van der Waals surface area contributed by atoms with Gasteiger partial charge in [0.2, 0.25) is 0 Å². The largest absolute Gasteiger partial charge is 0.493 e. The molecule has 0 aromatic heterocycles. The van der Waals surface area contributed by atoms with Crippen molar-refractivity contribution in [2.75, 3.05) is 14.2 Å². The second kappa shape index (κ2) is 8.50. The third-order valence-corrected chi connectivity index (χ3v) is 3.37. The Balaban J connectivity index is 2.66. The molecule has 0 heterocycles. The van der Waals surface area contributed by atoms with Gasteiger partial charge in [0, 0.05) is 18.5 Å². The van der Waals surface area contributed by atoms with Crippen molar-refractivity contribution in [2.45, 2.75) is 45.2 Å². The number of benzene rings is 1. The minimum absolute atomic E-state index is 0.367. The van der Waals surface area contributed by atoms with Crippen molar-refractivity contribution >= 4 is 0 Å². The van der Waals surface area contributed by atoms with E-state index in [0.29, 0.717) is 12.1 Å². The highest BCUT2D eigenvalue weighted by Gasteiger charge is 2.11. The Kier molecular flexibility index (Phi) is 6.97. The fourth-order valence-corrected chi connectivity index (χ4v) is 2.29. The smallest absolute Gasteiger partial charge is 0.160 e. The first-order valence-corrected chi connectivity index (χ1v) is 7.05. The molecule has 0 saturated heterocycles. The number of methoxy groups -OCH3 is 2. The van der Waals surface area contributed by atoms with Gasteiger partial charge in [-0.1, -0.05) is 13.0 Å². The molecule has 0 radical (unpaired) electrons. The van der Waals surface area contributed by atoms with Gasteiger partial charge in [0.05, 0.1) is 14.2 Å². The van der Waals surface area contributed by atoms with Crippen LogP contribution < -0.4 is 14.8 Å². The third-order valence-electron chi connectivity index (χ3n) is 3.37.